The van der Waals surface area contributed by atoms with E-state index in [1.807, 2.05) is 7.05 Å². The number of methoxy groups -OCH3 is 1. The zero-order valence-corrected chi connectivity index (χ0v) is 17.4. The summed E-state index contributed by atoms with van der Waals surface area (Å²) in [5.74, 6) is 1.81. The zero-order chi connectivity index (χ0) is 19.7. The van der Waals surface area contributed by atoms with E-state index in [0.29, 0.717) is 11.8 Å². The molecule has 0 aromatic carbocycles. The molecule has 3 rings (SSSR count). The lowest BCUT2D eigenvalue weighted by molar-refractivity contribution is -0.168. The Labute approximate surface area is 163 Å². The van der Waals surface area contributed by atoms with Crippen molar-refractivity contribution in [1.82, 2.24) is 5.32 Å². The SMILES string of the molecule is C=C1CC[C@@H]2[C@](C)(CCC[C@]2(C)C(=O)OC)[C@H]1CCc1ccoc1CNC. The van der Waals surface area contributed by atoms with Crippen molar-refractivity contribution >= 4 is 5.97 Å². The van der Waals surface area contributed by atoms with E-state index in [-0.39, 0.29) is 16.8 Å². The van der Waals surface area contributed by atoms with Crippen molar-refractivity contribution in [3.63, 3.8) is 0 Å². The molecule has 1 heterocycles. The van der Waals surface area contributed by atoms with Gasteiger partial charge in [-0.15, -0.1) is 0 Å². The molecule has 4 nitrogen and oxygen atoms in total. The van der Waals surface area contributed by atoms with Gasteiger partial charge in [-0.3, -0.25) is 4.79 Å². The molecule has 1 aromatic heterocycles. The van der Waals surface area contributed by atoms with Crippen LogP contribution in [0.3, 0.4) is 0 Å². The van der Waals surface area contributed by atoms with Crippen molar-refractivity contribution in [3.05, 3.63) is 35.8 Å². The molecule has 4 atom stereocenters. The Balaban J connectivity index is 1.83. The molecule has 2 aliphatic rings. The van der Waals surface area contributed by atoms with Crippen LogP contribution in [0.25, 0.3) is 0 Å². The van der Waals surface area contributed by atoms with Crippen molar-refractivity contribution in [1.29, 1.82) is 0 Å². The Hall–Kier alpha value is -1.55. The Morgan fingerprint density at radius 1 is 1.41 bits per heavy atom. The Bertz CT molecular complexity index is 694. The van der Waals surface area contributed by atoms with Gasteiger partial charge < -0.3 is 14.5 Å². The molecule has 2 aliphatic carbocycles. The Morgan fingerprint density at radius 3 is 2.89 bits per heavy atom. The van der Waals surface area contributed by atoms with Gasteiger partial charge in [-0.1, -0.05) is 25.5 Å². The molecule has 0 aliphatic heterocycles. The molecule has 4 heteroatoms. The van der Waals surface area contributed by atoms with Gasteiger partial charge in [-0.2, -0.15) is 0 Å². The average Bonchev–Trinajstić information content (AvgIpc) is 3.07. The lowest BCUT2D eigenvalue weighted by Crippen LogP contribution is -2.53. The highest BCUT2D eigenvalue weighted by Gasteiger charge is 2.57. The number of esters is 1. The van der Waals surface area contributed by atoms with Gasteiger partial charge in [0.15, 0.2) is 0 Å². The number of aryl methyl sites for hydroxylation is 1. The fourth-order valence-corrected chi connectivity index (χ4v) is 6.16. The van der Waals surface area contributed by atoms with E-state index in [1.165, 1.54) is 24.7 Å². The van der Waals surface area contributed by atoms with Crippen LogP contribution in [0.5, 0.6) is 0 Å². The van der Waals surface area contributed by atoms with Crippen LogP contribution < -0.4 is 5.32 Å². The molecular formula is C23H35NO3. The molecule has 1 aromatic rings. The number of nitrogens with one attached hydrogen (secondary N) is 1. The van der Waals surface area contributed by atoms with Gasteiger partial charge in [0, 0.05) is 0 Å². The second-order valence-corrected chi connectivity index (χ2v) is 9.01. The van der Waals surface area contributed by atoms with E-state index in [4.69, 9.17) is 9.15 Å². The first kappa shape index (κ1) is 20.2. The maximum absolute atomic E-state index is 12.7. The second-order valence-electron chi connectivity index (χ2n) is 9.01. The number of hydrogen-bond acceptors (Lipinski definition) is 4. The van der Waals surface area contributed by atoms with Gasteiger partial charge in [0.05, 0.1) is 25.3 Å². The summed E-state index contributed by atoms with van der Waals surface area (Å²) < 4.78 is 10.9. The lowest BCUT2D eigenvalue weighted by atomic mass is 9.46. The standard InChI is InChI=1S/C23H35NO3/c1-16-7-10-20-22(2,12-6-13-23(20,3)21(25)26-5)18(16)9-8-17-11-14-27-19(17)15-24-4/h11,14,18,20,24H,1,6-10,12-13,15H2,2-5H3/t18-,20+,22+,23-/m0/s1. The minimum Gasteiger partial charge on any atom is -0.469 e. The number of carbonyl (C=O) groups excluding carboxylic acids is 1. The maximum Gasteiger partial charge on any atom is 0.311 e. The van der Waals surface area contributed by atoms with Crippen molar-refractivity contribution < 1.29 is 13.9 Å². The molecule has 0 unspecified atom stereocenters. The van der Waals surface area contributed by atoms with Gasteiger partial charge >= 0.3 is 5.97 Å². The molecule has 0 spiro atoms. The largest absolute Gasteiger partial charge is 0.469 e. The van der Waals surface area contributed by atoms with E-state index in [2.05, 4.69) is 31.8 Å². The molecule has 0 bridgehead atoms. The molecular weight excluding hydrogens is 338 g/mol. The van der Waals surface area contributed by atoms with Crippen molar-refractivity contribution in [2.45, 2.75) is 65.3 Å². The fraction of sp³-hybridized carbons (Fsp3) is 0.696. The minimum atomic E-state index is -0.367. The minimum absolute atomic E-state index is 0.0316. The number of furan rings is 1. The summed E-state index contributed by atoms with van der Waals surface area (Å²) in [5.41, 5.74) is 2.40. The predicted octanol–water partition coefficient (Wildman–Crippen LogP) is 4.88. The number of carbonyl (C=O) groups is 1. The van der Waals surface area contributed by atoms with Crippen molar-refractivity contribution in [2.75, 3.05) is 14.2 Å². The molecule has 2 saturated carbocycles. The number of fused-ring (bicyclic) bond motifs is 1. The smallest absolute Gasteiger partial charge is 0.311 e. The van der Waals surface area contributed by atoms with Gasteiger partial charge in [0.2, 0.25) is 0 Å². The summed E-state index contributed by atoms with van der Waals surface area (Å²) in [6, 6.07) is 2.09. The first-order valence-electron chi connectivity index (χ1n) is 10.3. The van der Waals surface area contributed by atoms with E-state index in [1.54, 1.807) is 6.26 Å². The van der Waals surface area contributed by atoms with Crippen LogP contribution in [0.1, 0.15) is 63.7 Å². The first-order chi connectivity index (χ1) is 12.9. The molecule has 0 radical (unpaired) electrons. The van der Waals surface area contributed by atoms with Crippen LogP contribution >= 0.6 is 0 Å². The molecule has 0 amide bonds. The van der Waals surface area contributed by atoms with E-state index in [9.17, 15) is 4.79 Å². The second kappa shape index (κ2) is 7.83. The van der Waals surface area contributed by atoms with Crippen LogP contribution in [0.4, 0.5) is 0 Å². The molecule has 1 N–H and O–H groups in total. The summed E-state index contributed by atoms with van der Waals surface area (Å²) in [5, 5.41) is 3.18. The van der Waals surface area contributed by atoms with Crippen molar-refractivity contribution in [3.8, 4) is 0 Å². The number of rotatable bonds is 6. The predicted molar refractivity (Wildman–Crippen MR) is 107 cm³/mol. The molecule has 150 valence electrons. The Kier molecular flexibility index (Phi) is 5.85. The number of hydrogen-bond donors (Lipinski definition) is 1. The average molecular weight is 374 g/mol. The van der Waals surface area contributed by atoms with Gasteiger partial charge in [0.1, 0.15) is 5.76 Å². The summed E-state index contributed by atoms with van der Waals surface area (Å²) in [6.45, 7) is 9.74. The van der Waals surface area contributed by atoms with Crippen LogP contribution in [0.15, 0.2) is 28.9 Å². The third kappa shape index (κ3) is 3.49. The number of allylic oxidation sites excluding steroid dienone is 1. The monoisotopic (exact) mass is 373 g/mol. The summed E-state index contributed by atoms with van der Waals surface area (Å²) in [4.78, 5) is 12.7. The van der Waals surface area contributed by atoms with E-state index >= 15 is 0 Å². The van der Waals surface area contributed by atoms with Gasteiger partial charge in [0.25, 0.3) is 0 Å². The third-order valence-electron chi connectivity index (χ3n) is 7.55. The molecule has 27 heavy (non-hydrogen) atoms. The third-order valence-corrected chi connectivity index (χ3v) is 7.55. The zero-order valence-electron chi connectivity index (χ0n) is 17.4. The molecule has 2 fully saturated rings. The normalized spacial score (nSPS) is 33.6. The van der Waals surface area contributed by atoms with Crippen LogP contribution in [-0.4, -0.2) is 20.1 Å². The van der Waals surface area contributed by atoms with E-state index < -0.39 is 0 Å². The summed E-state index contributed by atoms with van der Waals surface area (Å²) in [7, 11) is 3.47. The van der Waals surface area contributed by atoms with Crippen LogP contribution in [-0.2, 0) is 22.5 Å². The first-order valence-corrected chi connectivity index (χ1v) is 10.3. The maximum atomic E-state index is 12.7. The fourth-order valence-electron chi connectivity index (χ4n) is 6.16. The summed E-state index contributed by atoms with van der Waals surface area (Å²) >= 11 is 0. The highest BCUT2D eigenvalue weighted by atomic mass is 16.5. The highest BCUT2D eigenvalue weighted by Crippen LogP contribution is 2.62. The van der Waals surface area contributed by atoms with Gasteiger partial charge in [-0.05, 0) is 81.4 Å². The quantitative estimate of drug-likeness (QED) is 0.570. The Morgan fingerprint density at radius 2 is 2.19 bits per heavy atom. The van der Waals surface area contributed by atoms with Crippen LogP contribution in [0.2, 0.25) is 0 Å². The van der Waals surface area contributed by atoms with Crippen molar-refractivity contribution in [2.24, 2.45) is 22.7 Å². The number of ether oxygens (including phenoxy) is 1. The van der Waals surface area contributed by atoms with Crippen LogP contribution in [0, 0.1) is 22.7 Å². The highest BCUT2D eigenvalue weighted by molar-refractivity contribution is 5.77. The topological polar surface area (TPSA) is 51.5 Å². The summed E-state index contributed by atoms with van der Waals surface area (Å²) in [6.07, 6.45) is 9.11. The lowest BCUT2D eigenvalue weighted by Gasteiger charge is -2.57. The molecule has 0 saturated heterocycles. The van der Waals surface area contributed by atoms with Gasteiger partial charge in [-0.25, -0.2) is 0 Å². The van der Waals surface area contributed by atoms with E-state index in [0.717, 1.165) is 50.8 Å².